The second-order valence-corrected chi connectivity index (χ2v) is 6.14. The number of urea groups is 1. The summed E-state index contributed by atoms with van der Waals surface area (Å²) in [5.41, 5.74) is 0.292. The highest BCUT2D eigenvalue weighted by molar-refractivity contribution is 7.09. The molecule has 0 saturated heterocycles. The summed E-state index contributed by atoms with van der Waals surface area (Å²) in [6.07, 6.45) is 2.72. The van der Waals surface area contributed by atoms with E-state index < -0.39 is 5.97 Å². The summed E-state index contributed by atoms with van der Waals surface area (Å²) in [4.78, 5) is 30.0. The van der Waals surface area contributed by atoms with Gasteiger partial charge in [-0.3, -0.25) is 0 Å². The summed E-state index contributed by atoms with van der Waals surface area (Å²) in [6.45, 7) is 6.33. The number of ether oxygens (including phenoxy) is 2. The molecule has 0 aromatic carbocycles. The minimum atomic E-state index is -0.432. The van der Waals surface area contributed by atoms with Crippen molar-refractivity contribution in [2.45, 2.75) is 39.7 Å². The zero-order chi connectivity index (χ0) is 17.8. The SMILES string of the molecule is CCCCNC(=O)N(CCCOC)Cc1nc(C(=O)OCC)cs1. The number of aromatic nitrogens is 1. The fourth-order valence-electron chi connectivity index (χ4n) is 1.98. The average molecular weight is 357 g/mol. The number of nitrogens with one attached hydrogen (secondary N) is 1. The van der Waals surface area contributed by atoms with Crippen LogP contribution in [0.2, 0.25) is 0 Å². The van der Waals surface area contributed by atoms with Crippen LogP contribution in [0.1, 0.15) is 48.6 Å². The molecule has 1 N–H and O–H groups in total. The molecule has 1 rings (SSSR count). The van der Waals surface area contributed by atoms with E-state index in [0.717, 1.165) is 19.3 Å². The van der Waals surface area contributed by atoms with Gasteiger partial charge in [-0.15, -0.1) is 11.3 Å². The van der Waals surface area contributed by atoms with Gasteiger partial charge in [-0.2, -0.15) is 0 Å². The molecular formula is C16H27N3O4S. The van der Waals surface area contributed by atoms with Crippen molar-refractivity contribution in [3.63, 3.8) is 0 Å². The molecule has 136 valence electrons. The summed E-state index contributed by atoms with van der Waals surface area (Å²) in [5.74, 6) is -0.432. The molecule has 1 aromatic rings. The minimum Gasteiger partial charge on any atom is -0.461 e. The number of esters is 1. The highest BCUT2D eigenvalue weighted by Gasteiger charge is 2.17. The predicted octanol–water partition coefficient (Wildman–Crippen LogP) is 2.67. The molecule has 2 amide bonds. The molecule has 0 aliphatic rings. The molecule has 0 aliphatic heterocycles. The standard InChI is InChI=1S/C16H27N3O4S/c1-4-6-8-17-16(21)19(9-7-10-22-3)11-14-18-13(12-24-14)15(20)23-5-2/h12H,4-11H2,1-3H3,(H,17,21). The molecule has 0 unspecified atom stereocenters. The Morgan fingerprint density at radius 2 is 2.12 bits per heavy atom. The molecule has 0 saturated carbocycles. The first kappa shape index (κ1) is 20.4. The number of rotatable bonds is 11. The van der Waals surface area contributed by atoms with Gasteiger partial charge < -0.3 is 19.7 Å². The van der Waals surface area contributed by atoms with Crippen LogP contribution in [0.15, 0.2) is 5.38 Å². The molecule has 0 atom stereocenters. The fraction of sp³-hybridized carbons (Fsp3) is 0.688. The minimum absolute atomic E-state index is 0.118. The Morgan fingerprint density at radius 1 is 1.33 bits per heavy atom. The van der Waals surface area contributed by atoms with Crippen molar-refractivity contribution in [1.29, 1.82) is 0 Å². The number of carbonyl (C=O) groups excluding carboxylic acids is 2. The molecule has 0 spiro atoms. The van der Waals surface area contributed by atoms with Crippen LogP contribution >= 0.6 is 11.3 Å². The lowest BCUT2D eigenvalue weighted by atomic mass is 10.3. The lowest BCUT2D eigenvalue weighted by Crippen LogP contribution is -2.40. The maximum absolute atomic E-state index is 12.3. The van der Waals surface area contributed by atoms with Crippen LogP contribution in [-0.4, -0.2) is 55.3 Å². The highest BCUT2D eigenvalue weighted by Crippen LogP contribution is 2.14. The number of amides is 2. The monoisotopic (exact) mass is 357 g/mol. The molecule has 8 heteroatoms. The molecule has 1 heterocycles. The van der Waals surface area contributed by atoms with E-state index in [1.54, 1.807) is 24.3 Å². The van der Waals surface area contributed by atoms with E-state index in [2.05, 4.69) is 17.2 Å². The van der Waals surface area contributed by atoms with Gasteiger partial charge in [-0.25, -0.2) is 14.6 Å². The maximum Gasteiger partial charge on any atom is 0.357 e. The Hall–Kier alpha value is -1.67. The molecule has 0 fully saturated rings. The normalized spacial score (nSPS) is 10.5. The molecule has 0 bridgehead atoms. The lowest BCUT2D eigenvalue weighted by molar-refractivity contribution is 0.0520. The third kappa shape index (κ3) is 7.27. The molecule has 1 aromatic heterocycles. The largest absolute Gasteiger partial charge is 0.461 e. The van der Waals surface area contributed by atoms with Gasteiger partial charge in [0.05, 0.1) is 13.2 Å². The van der Waals surface area contributed by atoms with Crippen molar-refractivity contribution in [2.75, 3.05) is 33.4 Å². The van der Waals surface area contributed by atoms with Crippen molar-refractivity contribution >= 4 is 23.3 Å². The van der Waals surface area contributed by atoms with E-state index in [1.165, 1.54) is 11.3 Å². The number of nitrogens with zero attached hydrogens (tertiary/aromatic N) is 2. The Bertz CT molecular complexity index is 507. The topological polar surface area (TPSA) is 80.8 Å². The van der Waals surface area contributed by atoms with Gasteiger partial charge >= 0.3 is 12.0 Å². The van der Waals surface area contributed by atoms with E-state index in [4.69, 9.17) is 9.47 Å². The predicted molar refractivity (Wildman–Crippen MR) is 93.3 cm³/mol. The van der Waals surface area contributed by atoms with E-state index in [9.17, 15) is 9.59 Å². The van der Waals surface area contributed by atoms with E-state index in [0.29, 0.717) is 43.5 Å². The number of methoxy groups -OCH3 is 1. The maximum atomic E-state index is 12.3. The summed E-state index contributed by atoms with van der Waals surface area (Å²) in [6, 6.07) is -0.118. The van der Waals surface area contributed by atoms with Crippen molar-refractivity contribution < 1.29 is 19.1 Å². The molecule has 7 nitrogen and oxygen atoms in total. The van der Waals surface area contributed by atoms with Gasteiger partial charge in [0.2, 0.25) is 0 Å². The van der Waals surface area contributed by atoms with Crippen LogP contribution < -0.4 is 5.32 Å². The Labute approximate surface area is 147 Å². The van der Waals surface area contributed by atoms with Crippen LogP contribution in [-0.2, 0) is 16.0 Å². The Balaban J connectivity index is 2.65. The van der Waals surface area contributed by atoms with Gasteiger partial charge in [0.15, 0.2) is 5.69 Å². The highest BCUT2D eigenvalue weighted by atomic mass is 32.1. The van der Waals surface area contributed by atoms with E-state index >= 15 is 0 Å². The van der Waals surface area contributed by atoms with Gasteiger partial charge in [0.1, 0.15) is 5.01 Å². The van der Waals surface area contributed by atoms with Crippen LogP contribution in [0.4, 0.5) is 4.79 Å². The van der Waals surface area contributed by atoms with Gasteiger partial charge in [0, 0.05) is 32.2 Å². The number of carbonyl (C=O) groups is 2. The Kier molecular flexibility index (Phi) is 10.0. The zero-order valence-electron chi connectivity index (χ0n) is 14.7. The van der Waals surface area contributed by atoms with Gasteiger partial charge in [-0.05, 0) is 19.8 Å². The number of hydrogen-bond donors (Lipinski definition) is 1. The van der Waals surface area contributed by atoms with Crippen LogP contribution in [0.25, 0.3) is 0 Å². The molecular weight excluding hydrogens is 330 g/mol. The smallest absolute Gasteiger partial charge is 0.357 e. The van der Waals surface area contributed by atoms with Crippen molar-refractivity contribution in [3.05, 3.63) is 16.1 Å². The second kappa shape index (κ2) is 11.8. The van der Waals surface area contributed by atoms with Crippen molar-refractivity contribution in [3.8, 4) is 0 Å². The van der Waals surface area contributed by atoms with Gasteiger partial charge in [-0.1, -0.05) is 13.3 Å². The summed E-state index contributed by atoms with van der Waals surface area (Å²) < 4.78 is 9.99. The first-order valence-electron chi connectivity index (χ1n) is 8.25. The number of unbranched alkanes of at least 4 members (excludes halogenated alkanes) is 1. The van der Waals surface area contributed by atoms with Crippen LogP contribution in [0, 0.1) is 0 Å². The summed E-state index contributed by atoms with van der Waals surface area (Å²) in [5, 5.41) is 5.28. The van der Waals surface area contributed by atoms with Crippen LogP contribution in [0.3, 0.4) is 0 Å². The molecule has 0 radical (unpaired) electrons. The average Bonchev–Trinajstić information content (AvgIpc) is 3.03. The molecule has 0 aliphatic carbocycles. The summed E-state index contributed by atoms with van der Waals surface area (Å²) >= 11 is 1.35. The fourth-order valence-corrected chi connectivity index (χ4v) is 2.76. The third-order valence-corrected chi connectivity index (χ3v) is 4.07. The zero-order valence-corrected chi connectivity index (χ0v) is 15.5. The number of hydrogen-bond acceptors (Lipinski definition) is 6. The van der Waals surface area contributed by atoms with Crippen molar-refractivity contribution in [2.24, 2.45) is 0 Å². The third-order valence-electron chi connectivity index (χ3n) is 3.23. The lowest BCUT2D eigenvalue weighted by Gasteiger charge is -2.22. The molecule has 24 heavy (non-hydrogen) atoms. The van der Waals surface area contributed by atoms with E-state index in [-0.39, 0.29) is 6.03 Å². The quantitative estimate of drug-likeness (QED) is 0.486. The Morgan fingerprint density at radius 3 is 2.79 bits per heavy atom. The van der Waals surface area contributed by atoms with Gasteiger partial charge in [0.25, 0.3) is 0 Å². The van der Waals surface area contributed by atoms with Crippen LogP contribution in [0.5, 0.6) is 0 Å². The van der Waals surface area contributed by atoms with E-state index in [1.807, 2.05) is 0 Å². The van der Waals surface area contributed by atoms with Crippen molar-refractivity contribution in [1.82, 2.24) is 15.2 Å². The second-order valence-electron chi connectivity index (χ2n) is 5.20. The first-order chi connectivity index (χ1) is 11.6. The number of thiazole rings is 1. The summed E-state index contributed by atoms with van der Waals surface area (Å²) in [7, 11) is 1.64. The first-order valence-corrected chi connectivity index (χ1v) is 9.13.